The fourth-order valence-corrected chi connectivity index (χ4v) is 10.4. The fourth-order valence-electron chi connectivity index (χ4n) is 10.2. The Kier molecular flexibility index (Phi) is 27.7. The van der Waals surface area contributed by atoms with Gasteiger partial charge in [0.05, 0.1) is 39.6 Å². The number of benzene rings is 8. The molecule has 0 aliphatic carbocycles. The molecule has 568 valence electrons. The second-order valence-electron chi connectivity index (χ2n) is 26.8. The third-order valence-electron chi connectivity index (χ3n) is 16.0. The Hall–Kier alpha value is -12.8. The molecular formula is C82H87ClN10O16. The SMILES string of the molecule is C=C(C)C(=O)Nc1ccc(O)c(-n2nc3ccc(OC)cc3n2)c1.C=C(C)C(=O)OCCCOc1cc(-n2nc3ccc(OC)cc3n2)c(O)c(C(C)(C)C)c1.C=C(C)C(=O)OCCCc1cc(-n2nc3ccc(Cl)cc3n2)c(O)c(C(C)(C)C)c1.C=CC(=O)OCCOc1ccc(C(=O)c2ccccc2)c(O)c1. The number of fused-ring (bicyclic) bond motifs is 3. The van der Waals surface area contributed by atoms with E-state index < -0.39 is 11.9 Å². The molecule has 0 radical (unpaired) electrons. The van der Waals surface area contributed by atoms with Crippen LogP contribution in [-0.4, -0.2) is 142 Å². The van der Waals surface area contributed by atoms with Gasteiger partial charge in [-0.1, -0.05) is 116 Å². The molecule has 27 heteroatoms. The van der Waals surface area contributed by atoms with Gasteiger partial charge in [0.25, 0.3) is 5.91 Å². The van der Waals surface area contributed by atoms with Crippen molar-refractivity contribution in [2.45, 2.75) is 92.4 Å². The number of anilines is 1. The van der Waals surface area contributed by atoms with Crippen LogP contribution >= 0.6 is 11.6 Å². The Bertz CT molecular complexity index is 5190. The minimum absolute atomic E-state index is 0.00408. The van der Waals surface area contributed by atoms with Crippen LogP contribution in [0.1, 0.15) is 108 Å². The zero-order valence-electron chi connectivity index (χ0n) is 62.5. The van der Waals surface area contributed by atoms with E-state index in [1.165, 1.54) is 32.6 Å². The number of aryl methyl sites for hydroxylation is 1. The third kappa shape index (κ3) is 22.4. The average molecular weight is 1500 g/mol. The van der Waals surface area contributed by atoms with Crippen molar-refractivity contribution in [2.75, 3.05) is 52.6 Å². The molecule has 0 unspecified atom stereocenters. The second kappa shape index (κ2) is 36.9. The van der Waals surface area contributed by atoms with Crippen LogP contribution in [0.2, 0.25) is 5.02 Å². The highest BCUT2D eigenvalue weighted by Crippen LogP contribution is 2.40. The molecule has 0 aliphatic heterocycles. The van der Waals surface area contributed by atoms with E-state index in [9.17, 15) is 44.4 Å². The normalized spacial score (nSPS) is 11.0. The molecule has 109 heavy (non-hydrogen) atoms. The summed E-state index contributed by atoms with van der Waals surface area (Å²) in [5.74, 6) is 0.450. The van der Waals surface area contributed by atoms with Crippen LogP contribution in [0.25, 0.3) is 50.2 Å². The zero-order valence-corrected chi connectivity index (χ0v) is 63.3. The number of carbonyl (C=O) groups excluding carboxylic acids is 5. The molecule has 8 aromatic carbocycles. The predicted octanol–water partition coefficient (Wildman–Crippen LogP) is 14.8. The lowest BCUT2D eigenvalue weighted by Crippen LogP contribution is -2.14. The highest BCUT2D eigenvalue weighted by molar-refractivity contribution is 6.31. The van der Waals surface area contributed by atoms with Crippen molar-refractivity contribution in [1.29, 1.82) is 0 Å². The van der Waals surface area contributed by atoms with Gasteiger partial charge in [-0.15, -0.1) is 45.0 Å². The van der Waals surface area contributed by atoms with Crippen LogP contribution in [0.15, 0.2) is 195 Å². The van der Waals surface area contributed by atoms with E-state index in [-0.39, 0.29) is 76.9 Å². The van der Waals surface area contributed by atoms with Gasteiger partial charge in [-0.25, -0.2) is 14.4 Å². The molecule has 26 nitrogen and oxygen atoms in total. The number of rotatable bonds is 25. The summed E-state index contributed by atoms with van der Waals surface area (Å²) in [5, 5.41) is 72.0. The van der Waals surface area contributed by atoms with Crippen molar-refractivity contribution in [3.8, 4) is 63.1 Å². The molecule has 11 aromatic rings. The van der Waals surface area contributed by atoms with E-state index in [4.69, 9.17) is 44.8 Å². The van der Waals surface area contributed by atoms with Gasteiger partial charge in [0.2, 0.25) is 0 Å². The molecule has 0 bridgehead atoms. The maximum absolute atomic E-state index is 12.3. The molecule has 1 amide bonds. The van der Waals surface area contributed by atoms with Crippen LogP contribution < -0.4 is 24.3 Å². The summed E-state index contributed by atoms with van der Waals surface area (Å²) in [7, 11) is 3.17. The molecule has 3 heterocycles. The van der Waals surface area contributed by atoms with Crippen molar-refractivity contribution in [2.24, 2.45) is 0 Å². The van der Waals surface area contributed by atoms with Gasteiger partial charge in [-0.2, -0.15) is 0 Å². The first kappa shape index (κ1) is 81.8. The predicted molar refractivity (Wildman–Crippen MR) is 415 cm³/mol. The van der Waals surface area contributed by atoms with Crippen molar-refractivity contribution >= 4 is 80.0 Å². The number of amides is 1. The van der Waals surface area contributed by atoms with Crippen molar-refractivity contribution < 1.29 is 77.6 Å². The summed E-state index contributed by atoms with van der Waals surface area (Å²) in [6.07, 6.45) is 2.91. The first-order valence-corrected chi connectivity index (χ1v) is 34.7. The molecule has 11 rings (SSSR count). The van der Waals surface area contributed by atoms with Crippen LogP contribution in [0.4, 0.5) is 5.69 Å². The highest BCUT2D eigenvalue weighted by Gasteiger charge is 2.26. The van der Waals surface area contributed by atoms with Crippen LogP contribution in [-0.2, 0) is 50.6 Å². The van der Waals surface area contributed by atoms with Gasteiger partial charge >= 0.3 is 17.9 Å². The molecule has 0 fully saturated rings. The van der Waals surface area contributed by atoms with Gasteiger partial charge in [-0.3, -0.25) is 9.59 Å². The number of phenols is 4. The molecule has 3 aromatic heterocycles. The van der Waals surface area contributed by atoms with Crippen LogP contribution in [0, 0.1) is 0 Å². The number of aromatic nitrogens is 9. The third-order valence-corrected chi connectivity index (χ3v) is 16.2. The number of nitrogens with one attached hydrogen (secondary N) is 1. The fraction of sp³-hybridized carbons (Fsp3) is 0.256. The van der Waals surface area contributed by atoms with E-state index in [0.717, 1.165) is 17.2 Å². The number of carbonyl (C=O) groups is 5. The molecule has 0 saturated carbocycles. The minimum Gasteiger partial charge on any atom is -0.507 e. The molecule has 0 spiro atoms. The number of aromatic hydroxyl groups is 4. The number of ether oxygens (including phenoxy) is 7. The largest absolute Gasteiger partial charge is 0.507 e. The number of nitrogens with zero attached hydrogens (tertiary/aromatic N) is 9. The summed E-state index contributed by atoms with van der Waals surface area (Å²) in [5.41, 5.74) is 9.43. The molecule has 5 N–H and O–H groups in total. The second-order valence-corrected chi connectivity index (χ2v) is 27.3. The smallest absolute Gasteiger partial charge is 0.333 e. The lowest BCUT2D eigenvalue weighted by molar-refractivity contribution is -0.140. The van der Waals surface area contributed by atoms with Crippen LogP contribution in [0.3, 0.4) is 0 Å². The number of halogens is 1. The van der Waals surface area contributed by atoms with Crippen molar-refractivity contribution in [3.63, 3.8) is 0 Å². The van der Waals surface area contributed by atoms with E-state index in [1.54, 1.807) is 126 Å². The number of hydrogen-bond donors (Lipinski definition) is 5. The topological polar surface area (TPSA) is 335 Å². The number of phenolic OH excluding ortho intramolecular Hbond substituents is 4. The van der Waals surface area contributed by atoms with Crippen molar-refractivity contribution in [3.05, 3.63) is 228 Å². The molecule has 0 atom stereocenters. The average Bonchev–Trinajstić information content (AvgIpc) is 1.75. The highest BCUT2D eigenvalue weighted by atomic mass is 35.5. The van der Waals surface area contributed by atoms with Gasteiger partial charge in [-0.05, 0) is 135 Å². The summed E-state index contributed by atoms with van der Waals surface area (Å²) >= 11 is 6.06. The standard InChI is InChI=1S/C24H29N3O5.C23H26ClN3O3.C18H16O5.C17H16N4O3/c1-15(2)23(29)32-11-7-10-31-17-12-18(24(3,4)5)22(28)21(14-17)27-25-19-9-8-16(30-6)13-20(19)26-27;1-14(2)22(29)30-10-6-7-15-11-17(23(3,4)5)21(28)20(12-15)27-25-18-9-8-16(24)13-19(18)26-27;1-2-17(20)23-11-10-22-14-8-9-15(16(19)12-14)18(21)13-6-4-3-5-7-13;1-10(2)17(23)18-11-4-7-16(22)15(8-11)21-19-13-6-5-12(24-3)9-14(13)20-21/h8-9,12-14,28H,1,7,10-11H2,2-6H3;8-9,11-13,28H,1,6-7,10H2,2-5H3;2-9,12,19H,1,10-11H2;4-9,22H,1H2,2-3H3,(H,18,23). The number of methoxy groups -OCH3 is 2. The van der Waals surface area contributed by atoms with Crippen LogP contribution in [0.5, 0.6) is 46.0 Å². The summed E-state index contributed by atoms with van der Waals surface area (Å²) in [4.78, 5) is 62.0. The summed E-state index contributed by atoms with van der Waals surface area (Å²) in [6.45, 7) is 32.0. The van der Waals surface area contributed by atoms with Gasteiger partial charge in [0.1, 0.15) is 109 Å². The van der Waals surface area contributed by atoms with E-state index in [1.807, 2.05) is 77.9 Å². The number of hydrogen-bond acceptors (Lipinski definition) is 22. The maximum atomic E-state index is 12.3. The maximum Gasteiger partial charge on any atom is 0.333 e. The molecule has 0 aliphatic rings. The lowest BCUT2D eigenvalue weighted by atomic mass is 9.84. The zero-order chi connectivity index (χ0) is 79.4. The Labute approximate surface area is 635 Å². The van der Waals surface area contributed by atoms with Gasteiger partial charge in [0.15, 0.2) is 5.78 Å². The lowest BCUT2D eigenvalue weighted by Gasteiger charge is -2.23. The monoisotopic (exact) mass is 1500 g/mol. The van der Waals surface area contributed by atoms with Gasteiger partial charge in [0, 0.05) is 80.9 Å². The quantitative estimate of drug-likeness (QED) is 0.00886. The van der Waals surface area contributed by atoms with E-state index in [0.29, 0.717) is 144 Å². The minimum atomic E-state index is -0.528. The Balaban J connectivity index is 0.000000185. The van der Waals surface area contributed by atoms with E-state index in [2.05, 4.69) is 62.2 Å². The van der Waals surface area contributed by atoms with Crippen molar-refractivity contribution in [1.82, 2.24) is 45.0 Å². The molecular weight excluding hydrogens is 1420 g/mol. The Morgan fingerprint density at radius 2 is 0.991 bits per heavy atom. The molecule has 0 saturated heterocycles. The first-order valence-electron chi connectivity index (χ1n) is 34.3. The summed E-state index contributed by atoms with van der Waals surface area (Å²) < 4.78 is 36.7. The number of esters is 3. The Morgan fingerprint density at radius 3 is 1.52 bits per heavy atom. The number of ketones is 1. The summed E-state index contributed by atoms with van der Waals surface area (Å²) in [6, 6.07) is 41.1. The Morgan fingerprint density at radius 1 is 0.486 bits per heavy atom. The van der Waals surface area contributed by atoms with E-state index >= 15 is 0 Å². The first-order chi connectivity index (χ1) is 51.7. The van der Waals surface area contributed by atoms with Gasteiger partial charge < -0.3 is 58.9 Å².